The van der Waals surface area contributed by atoms with Crippen molar-refractivity contribution in [3.05, 3.63) is 46.8 Å². The molecule has 1 saturated carbocycles. The number of carbonyl (C=O) groups excluding carboxylic acids is 1. The topological polar surface area (TPSA) is 62.6 Å². The summed E-state index contributed by atoms with van der Waals surface area (Å²) in [6.45, 7) is 3.35. The third-order valence-electron chi connectivity index (χ3n) is 8.63. The highest BCUT2D eigenvalue weighted by atomic mass is 19.4. The number of ether oxygens (including phenoxy) is 1. The van der Waals surface area contributed by atoms with Crippen LogP contribution in [0.3, 0.4) is 0 Å². The average Bonchev–Trinajstić information content (AvgIpc) is 3.40. The van der Waals surface area contributed by atoms with Gasteiger partial charge >= 0.3 is 6.18 Å². The minimum absolute atomic E-state index is 0.0215. The smallest absolute Gasteiger partial charge is 0.433 e. The predicted molar refractivity (Wildman–Crippen MR) is 131 cm³/mol. The summed E-state index contributed by atoms with van der Waals surface area (Å²) in [5.41, 5.74) is 0.853. The van der Waals surface area contributed by atoms with E-state index in [1.807, 2.05) is 6.07 Å². The van der Waals surface area contributed by atoms with Gasteiger partial charge in [-0.25, -0.2) is 0 Å². The Morgan fingerprint density at radius 2 is 1.95 bits per heavy atom. The number of hydrogen-bond acceptors (Lipinski definition) is 5. The molecule has 4 heterocycles. The third kappa shape index (κ3) is 4.41. The SMILES string of the molecule is [2H]C([2H])([2H])Oc1cccc([C@@H]2[C@H](N3C4CCC3CNC4)CCN2C(=O)Cn2nc(C3CC3)cc2C(F)(F)F)c1C. The molecule has 6 rings (SSSR count). The molecule has 3 saturated heterocycles. The number of hydrogen-bond donors (Lipinski definition) is 1. The standard InChI is InChI=1S/C27H34F3N5O2/c1-16-20(4-3-5-23(16)37-2)26-22(35-18-8-9-19(35)14-31-13-18)10-11-33(26)25(36)15-34-24(27(28,29)30)12-21(32-34)17-6-7-17/h3-5,12,17-19,22,26,31H,6-11,13-15H2,1-2H3/t18?,19?,22-,26-/m1/s1/i2D3. The van der Waals surface area contributed by atoms with Gasteiger partial charge in [-0.1, -0.05) is 12.1 Å². The van der Waals surface area contributed by atoms with Gasteiger partial charge in [-0.05, 0) is 62.3 Å². The monoisotopic (exact) mass is 520 g/mol. The van der Waals surface area contributed by atoms with Crippen LogP contribution < -0.4 is 10.1 Å². The molecule has 1 aliphatic carbocycles. The molecule has 10 heteroatoms. The summed E-state index contributed by atoms with van der Waals surface area (Å²) in [6.07, 6.45) is -0.251. The number of benzene rings is 1. The summed E-state index contributed by atoms with van der Waals surface area (Å²) in [7, 11) is -2.64. The summed E-state index contributed by atoms with van der Waals surface area (Å²) in [4.78, 5) is 18.0. The molecule has 4 aliphatic rings. The van der Waals surface area contributed by atoms with E-state index >= 15 is 0 Å². The van der Waals surface area contributed by atoms with Gasteiger partial charge in [0, 0.05) is 43.7 Å². The van der Waals surface area contributed by atoms with Crippen molar-refractivity contribution in [1.29, 1.82) is 0 Å². The van der Waals surface area contributed by atoms with E-state index in [0.29, 0.717) is 36.3 Å². The molecule has 1 N–H and O–H groups in total. The third-order valence-corrected chi connectivity index (χ3v) is 8.63. The van der Waals surface area contributed by atoms with Crippen LogP contribution in [0.25, 0.3) is 0 Å². The highest BCUT2D eigenvalue weighted by Gasteiger charge is 2.49. The minimum Gasteiger partial charge on any atom is -0.496 e. The molecule has 0 radical (unpaired) electrons. The number of methoxy groups -OCH3 is 1. The maximum absolute atomic E-state index is 13.9. The summed E-state index contributed by atoms with van der Waals surface area (Å²) in [5.74, 6) is -0.208. The van der Waals surface area contributed by atoms with Crippen molar-refractivity contribution in [1.82, 2.24) is 24.9 Å². The fraction of sp³-hybridized carbons (Fsp3) is 0.630. The number of piperazine rings is 1. The van der Waals surface area contributed by atoms with Gasteiger partial charge in [0.1, 0.15) is 18.0 Å². The lowest BCUT2D eigenvalue weighted by Gasteiger charge is -2.43. The van der Waals surface area contributed by atoms with Crippen molar-refractivity contribution in [2.45, 2.75) is 81.8 Å². The van der Waals surface area contributed by atoms with Crippen molar-refractivity contribution in [2.24, 2.45) is 0 Å². The maximum atomic E-state index is 13.9. The first-order valence-corrected chi connectivity index (χ1v) is 13.1. The van der Waals surface area contributed by atoms with E-state index in [4.69, 9.17) is 8.85 Å². The number of alkyl halides is 3. The lowest BCUT2D eigenvalue weighted by Crippen LogP contribution is -2.57. The number of likely N-dealkylation sites (tertiary alicyclic amines) is 1. The first-order chi connectivity index (χ1) is 18.9. The molecule has 1 aromatic heterocycles. The van der Waals surface area contributed by atoms with Crippen LogP contribution >= 0.6 is 0 Å². The van der Waals surface area contributed by atoms with E-state index in [1.165, 1.54) is 0 Å². The molecule has 2 aromatic rings. The van der Waals surface area contributed by atoms with Gasteiger partial charge in [0.25, 0.3) is 0 Å². The molecule has 200 valence electrons. The molecule has 2 bridgehead atoms. The Balaban J connectivity index is 1.35. The first kappa shape index (κ1) is 21.4. The number of halogens is 3. The van der Waals surface area contributed by atoms with Crippen molar-refractivity contribution < 1.29 is 26.8 Å². The number of aromatic nitrogens is 2. The Morgan fingerprint density at radius 1 is 1.19 bits per heavy atom. The molecule has 7 nitrogen and oxygen atoms in total. The van der Waals surface area contributed by atoms with Crippen LogP contribution in [0.2, 0.25) is 0 Å². The number of fused-ring (bicyclic) bond motifs is 2. The van der Waals surface area contributed by atoms with Gasteiger partial charge in [-0.15, -0.1) is 0 Å². The van der Waals surface area contributed by atoms with Gasteiger partial charge in [0.2, 0.25) is 5.91 Å². The van der Waals surface area contributed by atoms with Crippen molar-refractivity contribution in [2.75, 3.05) is 26.7 Å². The van der Waals surface area contributed by atoms with E-state index in [0.717, 1.165) is 55.1 Å². The van der Waals surface area contributed by atoms with Gasteiger partial charge in [-0.2, -0.15) is 18.3 Å². The second-order valence-electron chi connectivity index (χ2n) is 10.8. The van der Waals surface area contributed by atoms with E-state index in [-0.39, 0.29) is 17.7 Å². The Morgan fingerprint density at radius 3 is 2.62 bits per heavy atom. The number of nitrogens with zero attached hydrogens (tertiary/aromatic N) is 4. The van der Waals surface area contributed by atoms with Gasteiger partial charge in [0.05, 0.1) is 22.9 Å². The second kappa shape index (κ2) is 9.31. The van der Waals surface area contributed by atoms with Crippen LogP contribution in [0.1, 0.15) is 70.7 Å². The van der Waals surface area contributed by atoms with E-state index in [1.54, 1.807) is 24.0 Å². The van der Waals surface area contributed by atoms with E-state index in [9.17, 15) is 18.0 Å². The largest absolute Gasteiger partial charge is 0.496 e. The Hall–Kier alpha value is -2.59. The van der Waals surface area contributed by atoms with E-state index < -0.39 is 37.4 Å². The average molecular weight is 521 g/mol. The highest BCUT2D eigenvalue weighted by molar-refractivity contribution is 5.77. The lowest BCUT2D eigenvalue weighted by molar-refractivity contribution is -0.146. The lowest BCUT2D eigenvalue weighted by atomic mass is 9.92. The Labute approximate surface area is 219 Å². The maximum Gasteiger partial charge on any atom is 0.433 e. The summed E-state index contributed by atoms with van der Waals surface area (Å²) in [6, 6.07) is 6.37. The fourth-order valence-electron chi connectivity index (χ4n) is 6.74. The summed E-state index contributed by atoms with van der Waals surface area (Å²) < 4.78 is 70.5. The number of carbonyl (C=O) groups is 1. The zero-order chi connectivity index (χ0) is 28.4. The van der Waals surface area contributed by atoms with Gasteiger partial charge < -0.3 is 15.0 Å². The number of nitrogens with one attached hydrogen (secondary N) is 1. The van der Waals surface area contributed by atoms with Crippen LogP contribution in [0.15, 0.2) is 24.3 Å². The molecule has 0 spiro atoms. The van der Waals surface area contributed by atoms with Crippen LogP contribution in [0, 0.1) is 6.92 Å². The zero-order valence-corrected chi connectivity index (χ0v) is 20.8. The van der Waals surface area contributed by atoms with Crippen molar-refractivity contribution in [3.63, 3.8) is 0 Å². The molecule has 2 unspecified atom stereocenters. The fourth-order valence-corrected chi connectivity index (χ4v) is 6.74. The van der Waals surface area contributed by atoms with Gasteiger partial charge in [-0.3, -0.25) is 14.4 Å². The quantitative estimate of drug-likeness (QED) is 0.627. The highest BCUT2D eigenvalue weighted by Crippen LogP contribution is 2.44. The normalized spacial score (nSPS) is 29.7. The molecule has 3 aliphatic heterocycles. The predicted octanol–water partition coefficient (Wildman–Crippen LogP) is 3.87. The van der Waals surface area contributed by atoms with Crippen molar-refractivity contribution in [3.8, 4) is 5.75 Å². The summed E-state index contributed by atoms with van der Waals surface area (Å²) >= 11 is 0. The first-order valence-electron chi connectivity index (χ1n) is 14.6. The molecule has 1 aromatic carbocycles. The molecular formula is C27H34F3N5O2. The summed E-state index contributed by atoms with van der Waals surface area (Å²) in [5, 5.41) is 7.69. The molecule has 4 atom stereocenters. The van der Waals surface area contributed by atoms with Gasteiger partial charge in [0.15, 0.2) is 0 Å². The van der Waals surface area contributed by atoms with Crippen LogP contribution in [-0.4, -0.2) is 70.3 Å². The second-order valence-corrected chi connectivity index (χ2v) is 10.8. The van der Waals surface area contributed by atoms with E-state index in [2.05, 4.69) is 15.3 Å². The Bertz CT molecular complexity index is 1260. The van der Waals surface area contributed by atoms with Crippen LogP contribution in [-0.2, 0) is 17.5 Å². The molecule has 4 fully saturated rings. The molecule has 37 heavy (non-hydrogen) atoms. The molecule has 1 amide bonds. The minimum atomic E-state index is -4.62. The van der Waals surface area contributed by atoms with Crippen LogP contribution in [0.4, 0.5) is 13.2 Å². The number of amides is 1. The molecular weight excluding hydrogens is 483 g/mol. The van der Waals surface area contributed by atoms with Crippen LogP contribution in [0.5, 0.6) is 5.75 Å². The zero-order valence-electron chi connectivity index (χ0n) is 23.8. The van der Waals surface area contributed by atoms with Crippen molar-refractivity contribution >= 4 is 5.91 Å². The Kier molecular flexibility index (Phi) is 5.37. The number of rotatable bonds is 6.